The zero-order valence-corrected chi connectivity index (χ0v) is 9.50. The Balaban J connectivity index is 2.16. The van der Waals surface area contributed by atoms with Crippen molar-refractivity contribution in [1.82, 2.24) is 0 Å². The molecule has 2 rings (SSSR count). The fourth-order valence-corrected chi connectivity index (χ4v) is 2.92. The highest BCUT2D eigenvalue weighted by atomic mass is 19.4. The standard InChI is InChI=1S/C11H15F3O3/c1-16-10(15)8-4-6(11(12,13)14)5-9-7(8)2-3-17-9/h6-9H,2-5H2,1H3/t6-,7-,8+,9+/m1/s1. The van der Waals surface area contributed by atoms with Gasteiger partial charge < -0.3 is 9.47 Å². The quantitative estimate of drug-likeness (QED) is 0.671. The third-order valence-corrected chi connectivity index (χ3v) is 3.80. The summed E-state index contributed by atoms with van der Waals surface area (Å²) < 4.78 is 48.1. The van der Waals surface area contributed by atoms with Gasteiger partial charge in [-0.25, -0.2) is 0 Å². The van der Waals surface area contributed by atoms with Crippen molar-refractivity contribution in [2.24, 2.45) is 17.8 Å². The van der Waals surface area contributed by atoms with E-state index >= 15 is 0 Å². The van der Waals surface area contributed by atoms with Crippen molar-refractivity contribution in [2.75, 3.05) is 13.7 Å². The molecule has 0 spiro atoms. The number of hydrogen-bond acceptors (Lipinski definition) is 3. The van der Waals surface area contributed by atoms with Crippen LogP contribution in [0.1, 0.15) is 19.3 Å². The minimum atomic E-state index is -4.26. The largest absolute Gasteiger partial charge is 0.469 e. The van der Waals surface area contributed by atoms with E-state index in [9.17, 15) is 18.0 Å². The molecule has 1 saturated heterocycles. The van der Waals surface area contributed by atoms with Crippen LogP contribution in [0.4, 0.5) is 13.2 Å². The average Bonchev–Trinajstić information content (AvgIpc) is 2.73. The third-order valence-electron chi connectivity index (χ3n) is 3.80. The van der Waals surface area contributed by atoms with E-state index in [1.807, 2.05) is 0 Å². The van der Waals surface area contributed by atoms with Gasteiger partial charge in [-0.3, -0.25) is 4.79 Å². The molecule has 1 aliphatic heterocycles. The van der Waals surface area contributed by atoms with Gasteiger partial charge in [0.2, 0.25) is 0 Å². The molecular formula is C11H15F3O3. The molecule has 4 atom stereocenters. The summed E-state index contributed by atoms with van der Waals surface area (Å²) >= 11 is 0. The van der Waals surface area contributed by atoms with Gasteiger partial charge >= 0.3 is 12.1 Å². The number of fused-ring (bicyclic) bond motifs is 1. The molecule has 98 valence electrons. The minimum Gasteiger partial charge on any atom is -0.469 e. The molecule has 0 radical (unpaired) electrons. The lowest BCUT2D eigenvalue weighted by Crippen LogP contribution is -2.42. The molecule has 1 aliphatic carbocycles. The molecule has 0 aromatic heterocycles. The molecule has 0 bridgehead atoms. The molecule has 1 saturated carbocycles. The molecule has 1 heterocycles. The maximum absolute atomic E-state index is 12.7. The number of ether oxygens (including phenoxy) is 2. The maximum Gasteiger partial charge on any atom is 0.391 e. The van der Waals surface area contributed by atoms with Gasteiger partial charge in [0, 0.05) is 12.5 Å². The molecule has 0 aromatic carbocycles. The first-order valence-corrected chi connectivity index (χ1v) is 5.69. The summed E-state index contributed by atoms with van der Waals surface area (Å²) in [6.07, 6.45) is -4.25. The first kappa shape index (κ1) is 12.7. The SMILES string of the molecule is COC(=O)[C@H]1C[C@@H](C(F)(F)F)C[C@@H]2OCC[C@@H]21. The lowest BCUT2D eigenvalue weighted by Gasteiger charge is -2.36. The maximum atomic E-state index is 12.7. The summed E-state index contributed by atoms with van der Waals surface area (Å²) in [4.78, 5) is 11.5. The molecule has 0 N–H and O–H groups in total. The van der Waals surface area contributed by atoms with Crippen LogP contribution < -0.4 is 0 Å². The molecule has 6 heteroatoms. The van der Waals surface area contributed by atoms with Crippen molar-refractivity contribution >= 4 is 5.97 Å². The number of carbonyl (C=O) groups is 1. The van der Waals surface area contributed by atoms with Crippen LogP contribution in [0, 0.1) is 17.8 Å². The second-order valence-corrected chi connectivity index (χ2v) is 4.70. The van der Waals surface area contributed by atoms with Crippen LogP contribution in [-0.4, -0.2) is 32.0 Å². The number of methoxy groups -OCH3 is 1. The van der Waals surface area contributed by atoms with Crippen molar-refractivity contribution in [2.45, 2.75) is 31.5 Å². The molecular weight excluding hydrogens is 237 g/mol. The van der Waals surface area contributed by atoms with Gasteiger partial charge in [-0.2, -0.15) is 13.2 Å². The summed E-state index contributed by atoms with van der Waals surface area (Å²) in [5, 5.41) is 0. The van der Waals surface area contributed by atoms with Crippen LogP contribution in [0.5, 0.6) is 0 Å². The molecule has 0 aromatic rings. The summed E-state index contributed by atoms with van der Waals surface area (Å²) in [5.41, 5.74) is 0. The number of alkyl halides is 3. The first-order chi connectivity index (χ1) is 7.93. The fourth-order valence-electron chi connectivity index (χ4n) is 2.92. The Bertz CT molecular complexity index is 303. The van der Waals surface area contributed by atoms with Crippen molar-refractivity contribution in [1.29, 1.82) is 0 Å². The third kappa shape index (κ3) is 2.41. The molecule has 2 fully saturated rings. The number of esters is 1. The molecule has 0 unspecified atom stereocenters. The smallest absolute Gasteiger partial charge is 0.391 e. The number of hydrogen-bond donors (Lipinski definition) is 0. The second-order valence-electron chi connectivity index (χ2n) is 4.70. The number of halogens is 3. The van der Waals surface area contributed by atoms with E-state index < -0.39 is 30.1 Å². The van der Waals surface area contributed by atoms with E-state index in [0.717, 1.165) is 0 Å². The van der Waals surface area contributed by atoms with E-state index in [4.69, 9.17) is 4.74 Å². The van der Waals surface area contributed by atoms with E-state index in [1.165, 1.54) is 7.11 Å². The number of rotatable bonds is 1. The highest BCUT2D eigenvalue weighted by Gasteiger charge is 2.52. The Kier molecular flexibility index (Phi) is 3.34. The van der Waals surface area contributed by atoms with E-state index in [2.05, 4.69) is 4.74 Å². The van der Waals surface area contributed by atoms with E-state index in [0.29, 0.717) is 13.0 Å². The summed E-state index contributed by atoms with van der Waals surface area (Å²) in [5.74, 6) is -2.78. The number of carbonyl (C=O) groups excluding carboxylic acids is 1. The normalized spacial score (nSPS) is 37.6. The molecule has 0 amide bonds. The van der Waals surface area contributed by atoms with E-state index in [-0.39, 0.29) is 18.8 Å². The molecule has 2 aliphatic rings. The van der Waals surface area contributed by atoms with Gasteiger partial charge in [0.05, 0.1) is 25.0 Å². The lowest BCUT2D eigenvalue weighted by molar-refractivity contribution is -0.201. The van der Waals surface area contributed by atoms with Gasteiger partial charge in [0.1, 0.15) is 0 Å². The topological polar surface area (TPSA) is 35.5 Å². The van der Waals surface area contributed by atoms with Crippen molar-refractivity contribution in [3.8, 4) is 0 Å². The average molecular weight is 252 g/mol. The van der Waals surface area contributed by atoms with Gasteiger partial charge in [-0.1, -0.05) is 0 Å². The highest BCUT2D eigenvalue weighted by molar-refractivity contribution is 5.73. The minimum absolute atomic E-state index is 0.0261. The highest BCUT2D eigenvalue weighted by Crippen LogP contribution is 2.47. The van der Waals surface area contributed by atoms with Crippen LogP contribution in [-0.2, 0) is 14.3 Å². The van der Waals surface area contributed by atoms with Crippen LogP contribution in [0.3, 0.4) is 0 Å². The summed E-state index contributed by atoms with van der Waals surface area (Å²) in [6.45, 7) is 0.438. The van der Waals surface area contributed by atoms with E-state index in [1.54, 1.807) is 0 Å². The van der Waals surface area contributed by atoms with Crippen molar-refractivity contribution in [3.05, 3.63) is 0 Å². The summed E-state index contributed by atoms with van der Waals surface area (Å²) in [6, 6.07) is 0. The molecule has 3 nitrogen and oxygen atoms in total. The Morgan fingerprint density at radius 1 is 1.35 bits per heavy atom. The van der Waals surface area contributed by atoms with Crippen LogP contribution in [0.25, 0.3) is 0 Å². The van der Waals surface area contributed by atoms with Gasteiger partial charge in [-0.15, -0.1) is 0 Å². The van der Waals surface area contributed by atoms with Crippen molar-refractivity contribution in [3.63, 3.8) is 0 Å². The zero-order valence-electron chi connectivity index (χ0n) is 9.50. The predicted octanol–water partition coefficient (Wildman–Crippen LogP) is 2.15. The molecule has 17 heavy (non-hydrogen) atoms. The Labute approximate surface area is 97.3 Å². The summed E-state index contributed by atoms with van der Waals surface area (Å²) in [7, 11) is 1.21. The van der Waals surface area contributed by atoms with Gasteiger partial charge in [0.25, 0.3) is 0 Å². The predicted molar refractivity (Wildman–Crippen MR) is 52.1 cm³/mol. The zero-order chi connectivity index (χ0) is 12.6. The van der Waals surface area contributed by atoms with Gasteiger partial charge in [-0.05, 0) is 19.3 Å². The van der Waals surface area contributed by atoms with Gasteiger partial charge in [0.15, 0.2) is 0 Å². The van der Waals surface area contributed by atoms with Crippen LogP contribution in [0.15, 0.2) is 0 Å². The fraction of sp³-hybridized carbons (Fsp3) is 0.909. The van der Waals surface area contributed by atoms with Crippen LogP contribution in [0.2, 0.25) is 0 Å². The Morgan fingerprint density at radius 2 is 2.06 bits per heavy atom. The Morgan fingerprint density at radius 3 is 2.65 bits per heavy atom. The first-order valence-electron chi connectivity index (χ1n) is 5.69. The lowest BCUT2D eigenvalue weighted by atomic mass is 9.72. The Hall–Kier alpha value is -0.780. The van der Waals surface area contributed by atoms with Crippen molar-refractivity contribution < 1.29 is 27.4 Å². The monoisotopic (exact) mass is 252 g/mol. The van der Waals surface area contributed by atoms with Crippen LogP contribution >= 0.6 is 0 Å². The second kappa shape index (κ2) is 4.48.